The quantitative estimate of drug-likeness (QED) is 0.629. The Morgan fingerprint density at radius 1 is 1.03 bits per heavy atom. The summed E-state index contributed by atoms with van der Waals surface area (Å²) in [6.07, 6.45) is 3.34. The normalized spacial score (nSPS) is 23.2. The van der Waals surface area contributed by atoms with Crippen LogP contribution >= 0.6 is 0 Å². The summed E-state index contributed by atoms with van der Waals surface area (Å²) in [6, 6.07) is 11.8. The lowest BCUT2D eigenvalue weighted by atomic mass is 9.75. The molecule has 1 amide bonds. The molecule has 2 saturated heterocycles. The number of ether oxygens (including phenoxy) is 1. The molecular weight excluding hydrogens is 388 g/mol. The van der Waals surface area contributed by atoms with Crippen molar-refractivity contribution < 1.29 is 23.1 Å². The topological polar surface area (TPSA) is 46.6 Å². The van der Waals surface area contributed by atoms with Crippen molar-refractivity contribution in [3.8, 4) is 0 Å². The second kappa shape index (κ2) is 8.54. The predicted molar refractivity (Wildman–Crippen MR) is 108 cm³/mol. The second-order valence-corrected chi connectivity index (χ2v) is 8.25. The molecule has 0 saturated carbocycles. The van der Waals surface area contributed by atoms with Gasteiger partial charge in [-0.2, -0.15) is 0 Å². The Kier molecular flexibility index (Phi) is 5.84. The molecule has 2 aliphatic rings. The number of hydrogen-bond donors (Lipinski definition) is 0. The molecule has 30 heavy (non-hydrogen) atoms. The molecule has 0 N–H and O–H groups in total. The monoisotopic (exact) mass is 413 g/mol. The highest BCUT2D eigenvalue weighted by molar-refractivity contribution is 5.99. The van der Waals surface area contributed by atoms with Crippen LogP contribution in [0.3, 0.4) is 0 Å². The summed E-state index contributed by atoms with van der Waals surface area (Å²) in [6.45, 7) is 1.65. The van der Waals surface area contributed by atoms with Crippen LogP contribution in [0.25, 0.3) is 0 Å². The van der Waals surface area contributed by atoms with E-state index in [4.69, 9.17) is 4.74 Å². The lowest BCUT2D eigenvalue weighted by Crippen LogP contribution is -2.55. The highest BCUT2D eigenvalue weighted by Crippen LogP contribution is 2.39. The van der Waals surface area contributed by atoms with Crippen molar-refractivity contribution in [1.29, 1.82) is 0 Å². The molecule has 2 atom stereocenters. The average molecular weight is 413 g/mol. The highest BCUT2D eigenvalue weighted by Gasteiger charge is 2.44. The molecule has 2 aliphatic heterocycles. The zero-order valence-electron chi connectivity index (χ0n) is 16.9. The molecular formula is C24H25F2NO3. The molecule has 6 heteroatoms. The minimum absolute atomic E-state index is 0.0508. The van der Waals surface area contributed by atoms with E-state index in [0.29, 0.717) is 12.8 Å². The van der Waals surface area contributed by atoms with E-state index < -0.39 is 11.6 Å². The van der Waals surface area contributed by atoms with E-state index in [1.165, 1.54) is 13.0 Å². The Balaban J connectivity index is 1.46. The van der Waals surface area contributed by atoms with Crippen molar-refractivity contribution in [3.05, 3.63) is 70.8 Å². The first-order valence-electron chi connectivity index (χ1n) is 10.4. The Morgan fingerprint density at radius 2 is 1.70 bits per heavy atom. The first-order chi connectivity index (χ1) is 14.5. The van der Waals surface area contributed by atoms with Gasteiger partial charge in [0.15, 0.2) is 17.4 Å². The van der Waals surface area contributed by atoms with Gasteiger partial charge in [-0.05, 0) is 62.3 Å². The molecule has 2 aromatic rings. The highest BCUT2D eigenvalue weighted by atomic mass is 19.2. The van der Waals surface area contributed by atoms with E-state index >= 15 is 0 Å². The van der Waals surface area contributed by atoms with Crippen LogP contribution in [0, 0.1) is 24.5 Å². The van der Waals surface area contributed by atoms with E-state index in [1.54, 1.807) is 4.90 Å². The fraction of sp³-hybridized carbons (Fsp3) is 0.417. The Bertz CT molecular complexity index is 933. The summed E-state index contributed by atoms with van der Waals surface area (Å²) in [5, 5.41) is 0. The number of carbonyl (C=O) groups excluding carboxylic acids is 2. The molecule has 0 aromatic heterocycles. The summed E-state index contributed by atoms with van der Waals surface area (Å²) in [5.41, 5.74) is 1.21. The van der Waals surface area contributed by atoms with E-state index in [-0.39, 0.29) is 47.6 Å². The molecule has 0 radical (unpaired) electrons. The van der Waals surface area contributed by atoms with Crippen LogP contribution in [0.2, 0.25) is 0 Å². The second-order valence-electron chi connectivity index (χ2n) is 8.25. The van der Waals surface area contributed by atoms with Gasteiger partial charge in [0.2, 0.25) is 0 Å². The average Bonchev–Trinajstić information content (AvgIpc) is 2.75. The molecule has 2 fully saturated rings. The van der Waals surface area contributed by atoms with E-state index in [2.05, 4.69) is 0 Å². The largest absolute Gasteiger partial charge is 0.445 e. The standard InChI is InChI=1S/C24H25F2NO3/c1-15-20(10-11-21(25)22(15)26)23(28)17-12-18-8-5-9-19(13-17)27(18)24(29)30-14-16-6-3-2-4-7-16/h2-4,6-7,10-11,17-19H,5,8-9,12-14H2,1H3. The van der Waals surface area contributed by atoms with Crippen molar-refractivity contribution >= 4 is 11.9 Å². The number of rotatable bonds is 4. The van der Waals surface area contributed by atoms with Crippen molar-refractivity contribution in [2.24, 2.45) is 5.92 Å². The van der Waals surface area contributed by atoms with Gasteiger partial charge >= 0.3 is 6.09 Å². The van der Waals surface area contributed by atoms with E-state index in [0.717, 1.165) is 30.9 Å². The van der Waals surface area contributed by atoms with E-state index in [9.17, 15) is 18.4 Å². The minimum Gasteiger partial charge on any atom is -0.445 e. The summed E-state index contributed by atoms with van der Waals surface area (Å²) in [7, 11) is 0. The number of benzene rings is 2. The number of halogens is 2. The number of fused-ring (bicyclic) bond motifs is 2. The molecule has 2 aromatic carbocycles. The van der Waals surface area contributed by atoms with Crippen molar-refractivity contribution in [3.63, 3.8) is 0 Å². The summed E-state index contributed by atoms with van der Waals surface area (Å²) in [4.78, 5) is 27.7. The lowest BCUT2D eigenvalue weighted by Gasteiger charge is -2.47. The SMILES string of the molecule is Cc1c(C(=O)C2CC3CCCC(C2)N3C(=O)OCc2ccccc2)ccc(F)c1F. The third-order valence-corrected chi connectivity index (χ3v) is 6.37. The smallest absolute Gasteiger partial charge is 0.410 e. The number of nitrogens with zero attached hydrogens (tertiary/aromatic N) is 1. The predicted octanol–water partition coefficient (Wildman–Crippen LogP) is 5.43. The number of hydrogen-bond acceptors (Lipinski definition) is 3. The van der Waals surface area contributed by atoms with Crippen molar-refractivity contribution in [2.45, 2.75) is 57.7 Å². The Labute approximate surface area is 174 Å². The fourth-order valence-electron chi connectivity index (χ4n) is 4.83. The van der Waals surface area contributed by atoms with Gasteiger partial charge in [0.1, 0.15) is 6.61 Å². The Morgan fingerprint density at radius 3 is 2.37 bits per heavy atom. The molecule has 0 aliphatic carbocycles. The van der Waals surface area contributed by atoms with Gasteiger partial charge in [-0.3, -0.25) is 4.79 Å². The molecule has 2 bridgehead atoms. The molecule has 2 heterocycles. The van der Waals surface area contributed by atoms with Crippen LogP contribution in [0.15, 0.2) is 42.5 Å². The first kappa shape index (κ1) is 20.5. The van der Waals surface area contributed by atoms with Gasteiger partial charge in [0.25, 0.3) is 0 Å². The number of piperidine rings is 2. The van der Waals surface area contributed by atoms with Gasteiger partial charge in [-0.15, -0.1) is 0 Å². The van der Waals surface area contributed by atoms with Crippen LogP contribution in [0.1, 0.15) is 53.6 Å². The van der Waals surface area contributed by atoms with Crippen LogP contribution in [-0.4, -0.2) is 28.9 Å². The fourth-order valence-corrected chi connectivity index (χ4v) is 4.83. The van der Waals surface area contributed by atoms with E-state index in [1.807, 2.05) is 30.3 Å². The Hall–Kier alpha value is -2.76. The summed E-state index contributed by atoms with van der Waals surface area (Å²) in [5.74, 6) is -2.39. The van der Waals surface area contributed by atoms with Crippen molar-refractivity contribution in [2.75, 3.05) is 0 Å². The molecule has 0 spiro atoms. The molecule has 4 nitrogen and oxygen atoms in total. The first-order valence-corrected chi connectivity index (χ1v) is 10.4. The zero-order chi connectivity index (χ0) is 21.3. The van der Waals surface area contributed by atoms with Gasteiger partial charge in [0, 0.05) is 23.6 Å². The third kappa shape index (κ3) is 3.95. The van der Waals surface area contributed by atoms with Crippen LogP contribution in [0.5, 0.6) is 0 Å². The summed E-state index contributed by atoms with van der Waals surface area (Å²) < 4.78 is 32.9. The van der Waals surface area contributed by atoms with Crippen LogP contribution in [0.4, 0.5) is 13.6 Å². The molecule has 4 rings (SSSR count). The van der Waals surface area contributed by atoms with Gasteiger partial charge in [0.05, 0.1) is 0 Å². The van der Waals surface area contributed by atoms with Gasteiger partial charge in [-0.1, -0.05) is 30.3 Å². The maximum absolute atomic E-state index is 13.9. The van der Waals surface area contributed by atoms with Crippen LogP contribution in [-0.2, 0) is 11.3 Å². The zero-order valence-corrected chi connectivity index (χ0v) is 16.9. The number of amides is 1. The maximum atomic E-state index is 13.9. The van der Waals surface area contributed by atoms with Crippen LogP contribution < -0.4 is 0 Å². The maximum Gasteiger partial charge on any atom is 0.410 e. The summed E-state index contributed by atoms with van der Waals surface area (Å²) >= 11 is 0. The third-order valence-electron chi connectivity index (χ3n) is 6.37. The minimum atomic E-state index is -0.969. The number of Topliss-reactive ketones (excluding diaryl/α,β-unsaturated/α-hetero) is 1. The number of ketones is 1. The van der Waals surface area contributed by atoms with Gasteiger partial charge in [-0.25, -0.2) is 13.6 Å². The van der Waals surface area contributed by atoms with Gasteiger partial charge < -0.3 is 9.64 Å². The molecule has 158 valence electrons. The number of carbonyl (C=O) groups is 2. The lowest BCUT2D eigenvalue weighted by molar-refractivity contribution is 0.00470. The van der Waals surface area contributed by atoms with Crippen molar-refractivity contribution in [1.82, 2.24) is 4.90 Å². The molecule has 2 unspecified atom stereocenters.